The molecule has 3 N–H and O–H groups in total. The number of primary amides is 1. The van der Waals surface area contributed by atoms with E-state index in [2.05, 4.69) is 4.98 Å². The number of halogens is 1. The van der Waals surface area contributed by atoms with Crippen molar-refractivity contribution in [2.75, 3.05) is 0 Å². The normalized spacial score (nSPS) is 10.8. The minimum absolute atomic E-state index is 0.00903. The second-order valence-corrected chi connectivity index (χ2v) is 8.36. The number of carboxylic acid groups (broad SMARTS) is 1. The van der Waals surface area contributed by atoms with Gasteiger partial charge in [0.25, 0.3) is 5.91 Å². The number of aromatic nitrogens is 1. The van der Waals surface area contributed by atoms with Gasteiger partial charge >= 0.3 is 5.97 Å². The molecule has 0 aliphatic heterocycles. The van der Waals surface area contributed by atoms with Gasteiger partial charge in [-0.15, -0.1) is 0 Å². The molecule has 4 aromatic rings. The molecule has 8 heteroatoms. The zero-order valence-electron chi connectivity index (χ0n) is 18.7. The van der Waals surface area contributed by atoms with Crippen molar-refractivity contribution in [2.24, 2.45) is 5.73 Å². The molecule has 0 atom stereocenters. The monoisotopic (exact) mass is 490 g/mol. The van der Waals surface area contributed by atoms with Gasteiger partial charge in [0.1, 0.15) is 17.8 Å². The number of carboxylic acids is 1. The highest BCUT2D eigenvalue weighted by atomic mass is 35.5. The Labute approximate surface area is 207 Å². The first-order chi connectivity index (χ1) is 16.9. The van der Waals surface area contributed by atoms with E-state index in [0.717, 1.165) is 11.1 Å². The van der Waals surface area contributed by atoms with Crippen molar-refractivity contribution in [1.29, 1.82) is 0 Å². The number of carbonyl (C=O) groups excluding carboxylic acids is 1. The van der Waals surface area contributed by atoms with Crippen LogP contribution in [0.15, 0.2) is 77.4 Å². The average molecular weight is 491 g/mol. The maximum atomic E-state index is 11.7. The summed E-state index contributed by atoms with van der Waals surface area (Å²) in [7, 11) is 0. The van der Waals surface area contributed by atoms with Crippen LogP contribution in [0.1, 0.15) is 33.6 Å². The van der Waals surface area contributed by atoms with Gasteiger partial charge < -0.3 is 20.0 Å². The summed E-state index contributed by atoms with van der Waals surface area (Å²) in [4.78, 5) is 27.3. The second kappa shape index (κ2) is 10.9. The summed E-state index contributed by atoms with van der Waals surface area (Å²) in [6.07, 6.45) is 2.68. The molecule has 7 nitrogen and oxygen atoms in total. The Hall–Kier alpha value is -4.10. The fraction of sp³-hybridized carbons (Fsp3) is 0.148. The molecule has 1 aromatic heterocycles. The number of rotatable bonds is 10. The molecule has 0 saturated carbocycles. The highest BCUT2D eigenvalue weighted by Gasteiger charge is 2.23. The largest absolute Gasteiger partial charge is 0.481 e. The third kappa shape index (κ3) is 6.07. The van der Waals surface area contributed by atoms with Gasteiger partial charge in [-0.2, -0.15) is 0 Å². The van der Waals surface area contributed by atoms with Gasteiger partial charge in [0.15, 0.2) is 5.69 Å². The van der Waals surface area contributed by atoms with Crippen molar-refractivity contribution >= 4 is 23.5 Å². The fourth-order valence-corrected chi connectivity index (χ4v) is 3.83. The van der Waals surface area contributed by atoms with Crippen LogP contribution in [-0.2, 0) is 24.1 Å². The Kier molecular flexibility index (Phi) is 7.48. The third-order valence-corrected chi connectivity index (χ3v) is 5.72. The smallest absolute Gasteiger partial charge is 0.303 e. The first-order valence-corrected chi connectivity index (χ1v) is 11.4. The Morgan fingerprint density at radius 2 is 1.66 bits per heavy atom. The molecule has 0 unspecified atom stereocenters. The number of oxazole rings is 1. The van der Waals surface area contributed by atoms with E-state index in [1.165, 1.54) is 6.26 Å². The lowest BCUT2D eigenvalue weighted by Gasteiger charge is -2.18. The van der Waals surface area contributed by atoms with E-state index in [1.807, 2.05) is 54.6 Å². The molecule has 0 fully saturated rings. The SMILES string of the molecule is NC(=O)c1coc(-c2c(CCc3ccc(Cl)cc3)ccc(CCC(=O)O)c2Oc2ccccc2)n1. The standard InChI is InChI=1S/C27H23ClN2O5/c28-20-13-7-17(8-14-20)6-9-18-10-11-19(12-15-23(31)32)25(35-21-4-2-1-3-5-21)24(18)27-30-22(16-34-27)26(29)33/h1-5,7-8,10-11,13-14,16H,6,9,12,15H2,(H2,29,33)(H,31,32). The molecular weight excluding hydrogens is 468 g/mol. The quantitative estimate of drug-likeness (QED) is 0.295. The van der Waals surface area contributed by atoms with E-state index in [1.54, 1.807) is 12.1 Å². The first-order valence-electron chi connectivity index (χ1n) is 11.0. The van der Waals surface area contributed by atoms with Crippen molar-refractivity contribution < 1.29 is 23.8 Å². The van der Waals surface area contributed by atoms with Gasteiger partial charge in [-0.25, -0.2) is 4.98 Å². The van der Waals surface area contributed by atoms with Gasteiger partial charge in [-0.3, -0.25) is 9.59 Å². The van der Waals surface area contributed by atoms with E-state index in [0.29, 0.717) is 40.5 Å². The van der Waals surface area contributed by atoms with E-state index >= 15 is 0 Å². The number of ether oxygens (including phenoxy) is 1. The van der Waals surface area contributed by atoms with Crippen LogP contribution in [-0.4, -0.2) is 22.0 Å². The molecule has 0 spiro atoms. The van der Waals surface area contributed by atoms with Crippen LogP contribution in [0.2, 0.25) is 5.02 Å². The van der Waals surface area contributed by atoms with Crippen molar-refractivity contribution in [3.05, 3.63) is 100 Å². The van der Waals surface area contributed by atoms with Gasteiger partial charge in [-0.05, 0) is 60.2 Å². The zero-order valence-corrected chi connectivity index (χ0v) is 19.5. The first kappa shape index (κ1) is 24.0. The Balaban J connectivity index is 1.81. The number of nitrogens with two attached hydrogens (primary N) is 1. The zero-order chi connectivity index (χ0) is 24.8. The molecule has 1 amide bonds. The summed E-state index contributed by atoms with van der Waals surface area (Å²) in [6.45, 7) is 0. The lowest BCUT2D eigenvalue weighted by molar-refractivity contribution is -0.136. The van der Waals surface area contributed by atoms with Gasteiger partial charge in [0, 0.05) is 11.4 Å². The van der Waals surface area contributed by atoms with Crippen molar-refractivity contribution in [2.45, 2.75) is 25.7 Å². The molecule has 0 saturated heterocycles. The molecule has 3 aromatic carbocycles. The topological polar surface area (TPSA) is 116 Å². The highest BCUT2D eigenvalue weighted by Crippen LogP contribution is 2.40. The summed E-state index contributed by atoms with van der Waals surface area (Å²) < 4.78 is 11.9. The number of aliphatic carboxylic acids is 1. The molecule has 178 valence electrons. The summed E-state index contributed by atoms with van der Waals surface area (Å²) in [6, 6.07) is 20.5. The minimum Gasteiger partial charge on any atom is -0.481 e. The molecule has 0 radical (unpaired) electrons. The summed E-state index contributed by atoms with van der Waals surface area (Å²) in [5.41, 5.74) is 8.57. The van der Waals surface area contributed by atoms with Crippen LogP contribution < -0.4 is 10.5 Å². The van der Waals surface area contributed by atoms with Crippen LogP contribution in [0.25, 0.3) is 11.5 Å². The lowest BCUT2D eigenvalue weighted by atomic mass is 9.94. The van der Waals surface area contributed by atoms with Crippen LogP contribution >= 0.6 is 11.6 Å². The number of hydrogen-bond donors (Lipinski definition) is 2. The molecule has 0 aliphatic rings. The average Bonchev–Trinajstić information content (AvgIpc) is 3.34. The Bertz CT molecular complexity index is 1330. The maximum absolute atomic E-state index is 11.7. The fourth-order valence-electron chi connectivity index (χ4n) is 3.70. The molecule has 0 aliphatic carbocycles. The summed E-state index contributed by atoms with van der Waals surface area (Å²) in [5, 5.41) is 9.92. The van der Waals surface area contributed by atoms with E-state index in [9.17, 15) is 14.7 Å². The Morgan fingerprint density at radius 1 is 0.943 bits per heavy atom. The van der Waals surface area contributed by atoms with E-state index < -0.39 is 11.9 Å². The Morgan fingerprint density at radius 3 is 2.31 bits per heavy atom. The van der Waals surface area contributed by atoms with Crippen LogP contribution in [0, 0.1) is 0 Å². The van der Waals surface area contributed by atoms with Crippen LogP contribution in [0.4, 0.5) is 0 Å². The summed E-state index contributed by atoms with van der Waals surface area (Å²) in [5.74, 6) is -0.453. The second-order valence-electron chi connectivity index (χ2n) is 7.93. The van der Waals surface area contributed by atoms with Gasteiger partial charge in [-0.1, -0.05) is 54.1 Å². The van der Waals surface area contributed by atoms with Gasteiger partial charge in [0.2, 0.25) is 5.89 Å². The number of hydrogen-bond acceptors (Lipinski definition) is 5. The summed E-state index contributed by atoms with van der Waals surface area (Å²) >= 11 is 6.01. The van der Waals surface area contributed by atoms with Crippen LogP contribution in [0.3, 0.4) is 0 Å². The van der Waals surface area contributed by atoms with E-state index in [4.69, 9.17) is 26.5 Å². The number of amides is 1. The highest BCUT2D eigenvalue weighted by molar-refractivity contribution is 6.30. The number of para-hydroxylation sites is 1. The maximum Gasteiger partial charge on any atom is 0.303 e. The molecule has 4 rings (SSSR count). The van der Waals surface area contributed by atoms with Crippen molar-refractivity contribution in [3.8, 4) is 23.0 Å². The molecule has 1 heterocycles. The third-order valence-electron chi connectivity index (χ3n) is 5.46. The lowest BCUT2D eigenvalue weighted by Crippen LogP contribution is -2.11. The predicted octanol–water partition coefficient (Wildman–Crippen LogP) is 5.69. The molecule has 35 heavy (non-hydrogen) atoms. The van der Waals surface area contributed by atoms with Gasteiger partial charge in [0.05, 0.1) is 5.56 Å². The van der Waals surface area contributed by atoms with Crippen molar-refractivity contribution in [1.82, 2.24) is 4.98 Å². The van der Waals surface area contributed by atoms with E-state index in [-0.39, 0.29) is 24.4 Å². The number of benzene rings is 3. The number of nitrogens with zero attached hydrogens (tertiary/aromatic N) is 1. The molecular formula is C27H23ClN2O5. The van der Waals surface area contributed by atoms with Crippen LogP contribution in [0.5, 0.6) is 11.5 Å². The predicted molar refractivity (Wildman–Crippen MR) is 132 cm³/mol. The number of carbonyl (C=O) groups is 2. The van der Waals surface area contributed by atoms with Crippen molar-refractivity contribution in [3.63, 3.8) is 0 Å². The molecule has 0 bridgehead atoms. The minimum atomic E-state index is -0.920. The number of aryl methyl sites for hydroxylation is 3.